The monoisotopic (exact) mass is 240 g/mol. The minimum Gasteiger partial charge on any atom is -0.481 e. The molecule has 74 valence electrons. The SMILES string of the molecule is CC(=O)O.CCc1cc(Cl)sc1Cl. The number of aliphatic carboxylic acids is 1. The van der Waals surface area contributed by atoms with Crippen LogP contribution in [0, 0.1) is 0 Å². The third-order valence-corrected chi connectivity index (χ3v) is 2.68. The quantitative estimate of drug-likeness (QED) is 0.813. The van der Waals surface area contributed by atoms with Crippen LogP contribution in [0.15, 0.2) is 6.07 Å². The summed E-state index contributed by atoms with van der Waals surface area (Å²) < 4.78 is 1.60. The van der Waals surface area contributed by atoms with Gasteiger partial charge in [0.05, 0.1) is 8.67 Å². The van der Waals surface area contributed by atoms with Crippen LogP contribution >= 0.6 is 34.5 Å². The molecular weight excluding hydrogens is 231 g/mol. The van der Waals surface area contributed by atoms with E-state index < -0.39 is 5.97 Å². The van der Waals surface area contributed by atoms with Crippen LogP contribution in [0.3, 0.4) is 0 Å². The van der Waals surface area contributed by atoms with Crippen molar-refractivity contribution >= 4 is 40.5 Å². The van der Waals surface area contributed by atoms with Crippen LogP contribution in [-0.4, -0.2) is 11.1 Å². The Hall–Kier alpha value is -0.250. The summed E-state index contributed by atoms with van der Waals surface area (Å²) in [5.41, 5.74) is 1.15. The van der Waals surface area contributed by atoms with Crippen molar-refractivity contribution in [2.75, 3.05) is 0 Å². The van der Waals surface area contributed by atoms with Gasteiger partial charge in [-0.25, -0.2) is 0 Å². The van der Waals surface area contributed by atoms with Crippen LogP contribution in [0.4, 0.5) is 0 Å². The van der Waals surface area contributed by atoms with Crippen LogP contribution in [0.2, 0.25) is 8.67 Å². The molecule has 1 heterocycles. The highest BCUT2D eigenvalue weighted by Gasteiger charge is 2.01. The van der Waals surface area contributed by atoms with E-state index in [1.165, 1.54) is 11.3 Å². The number of thiophene rings is 1. The molecule has 13 heavy (non-hydrogen) atoms. The van der Waals surface area contributed by atoms with Crippen molar-refractivity contribution in [2.45, 2.75) is 20.3 Å². The predicted octanol–water partition coefficient (Wildman–Crippen LogP) is 3.71. The van der Waals surface area contributed by atoms with Crippen molar-refractivity contribution in [2.24, 2.45) is 0 Å². The van der Waals surface area contributed by atoms with Crippen molar-refractivity contribution in [3.05, 3.63) is 20.3 Å². The molecule has 5 heteroatoms. The highest BCUT2D eigenvalue weighted by atomic mass is 35.5. The first-order valence-electron chi connectivity index (χ1n) is 3.60. The molecule has 0 saturated carbocycles. The summed E-state index contributed by atoms with van der Waals surface area (Å²) in [6.07, 6.45) is 0.960. The van der Waals surface area contributed by atoms with Crippen molar-refractivity contribution in [3.63, 3.8) is 0 Å². The van der Waals surface area contributed by atoms with Gasteiger partial charge in [-0.1, -0.05) is 30.1 Å². The van der Waals surface area contributed by atoms with Crippen molar-refractivity contribution in [1.29, 1.82) is 0 Å². The minimum atomic E-state index is -0.833. The fraction of sp³-hybridized carbons (Fsp3) is 0.375. The van der Waals surface area contributed by atoms with Gasteiger partial charge in [0.1, 0.15) is 0 Å². The van der Waals surface area contributed by atoms with Gasteiger partial charge in [0.15, 0.2) is 0 Å². The van der Waals surface area contributed by atoms with E-state index in [9.17, 15) is 0 Å². The van der Waals surface area contributed by atoms with Crippen molar-refractivity contribution in [3.8, 4) is 0 Å². The van der Waals surface area contributed by atoms with E-state index >= 15 is 0 Å². The summed E-state index contributed by atoms with van der Waals surface area (Å²) >= 11 is 12.9. The second-order valence-electron chi connectivity index (χ2n) is 2.22. The molecule has 0 aliphatic rings. The third-order valence-electron chi connectivity index (χ3n) is 1.11. The van der Waals surface area contributed by atoms with E-state index in [0.29, 0.717) is 0 Å². The first-order valence-corrected chi connectivity index (χ1v) is 5.17. The Bertz CT molecular complexity index is 280. The largest absolute Gasteiger partial charge is 0.481 e. The lowest BCUT2D eigenvalue weighted by Gasteiger charge is -1.85. The normalized spacial score (nSPS) is 8.92. The summed E-state index contributed by atoms with van der Waals surface area (Å²) in [6, 6.07) is 1.91. The van der Waals surface area contributed by atoms with Crippen LogP contribution in [0.25, 0.3) is 0 Å². The molecule has 0 spiro atoms. The lowest BCUT2D eigenvalue weighted by atomic mass is 10.3. The summed E-state index contributed by atoms with van der Waals surface area (Å²) in [6.45, 7) is 3.14. The van der Waals surface area contributed by atoms with Crippen LogP contribution < -0.4 is 0 Å². The molecule has 0 radical (unpaired) electrons. The summed E-state index contributed by atoms with van der Waals surface area (Å²) in [5, 5.41) is 7.42. The molecule has 0 atom stereocenters. The molecule has 0 saturated heterocycles. The zero-order valence-corrected chi connectivity index (χ0v) is 9.63. The van der Waals surface area contributed by atoms with Crippen molar-refractivity contribution < 1.29 is 9.90 Å². The average Bonchev–Trinajstić information content (AvgIpc) is 2.28. The van der Waals surface area contributed by atoms with Gasteiger partial charge in [0.25, 0.3) is 5.97 Å². The molecular formula is C8H10Cl2O2S. The van der Waals surface area contributed by atoms with Crippen LogP contribution in [-0.2, 0) is 11.2 Å². The molecule has 0 amide bonds. The molecule has 1 aromatic rings. The number of carboxylic acids is 1. The molecule has 0 aliphatic heterocycles. The number of hydrogen-bond donors (Lipinski definition) is 1. The standard InChI is InChI=1S/C6H6Cl2S.C2H4O2/c1-2-4-3-5(7)9-6(4)8;1-2(3)4/h3H,2H2,1H3;1H3,(H,3,4). The number of carbonyl (C=O) groups is 1. The lowest BCUT2D eigenvalue weighted by molar-refractivity contribution is -0.134. The number of carboxylic acid groups (broad SMARTS) is 1. The minimum absolute atomic E-state index is 0.775. The topological polar surface area (TPSA) is 37.3 Å². The molecule has 0 unspecified atom stereocenters. The average molecular weight is 241 g/mol. The molecule has 1 N–H and O–H groups in total. The Balaban J connectivity index is 0.000000310. The van der Waals surface area contributed by atoms with E-state index in [1.807, 2.05) is 6.07 Å². The highest BCUT2D eigenvalue weighted by molar-refractivity contribution is 7.20. The number of hydrogen-bond acceptors (Lipinski definition) is 2. The Morgan fingerprint density at radius 2 is 2.08 bits per heavy atom. The second-order valence-corrected chi connectivity index (χ2v) is 4.51. The zero-order chi connectivity index (χ0) is 10.4. The molecule has 0 aliphatic carbocycles. The smallest absolute Gasteiger partial charge is 0.300 e. The van der Waals surface area contributed by atoms with Gasteiger partial charge in [-0.15, -0.1) is 11.3 Å². The Morgan fingerprint density at radius 3 is 2.23 bits per heavy atom. The Labute approximate surface area is 91.1 Å². The van der Waals surface area contributed by atoms with E-state index in [-0.39, 0.29) is 0 Å². The van der Waals surface area contributed by atoms with E-state index in [0.717, 1.165) is 27.6 Å². The first kappa shape index (κ1) is 12.8. The van der Waals surface area contributed by atoms with Gasteiger partial charge in [-0.05, 0) is 18.1 Å². The van der Waals surface area contributed by atoms with Gasteiger partial charge >= 0.3 is 0 Å². The fourth-order valence-corrected chi connectivity index (χ4v) is 2.24. The predicted molar refractivity (Wildman–Crippen MR) is 57.0 cm³/mol. The molecule has 1 aromatic heterocycles. The summed E-state index contributed by atoms with van der Waals surface area (Å²) in [4.78, 5) is 9.00. The molecule has 0 aromatic carbocycles. The fourth-order valence-electron chi connectivity index (χ4n) is 0.615. The number of halogens is 2. The summed E-state index contributed by atoms with van der Waals surface area (Å²) in [7, 11) is 0. The highest BCUT2D eigenvalue weighted by Crippen LogP contribution is 2.31. The first-order chi connectivity index (χ1) is 5.97. The number of rotatable bonds is 1. The van der Waals surface area contributed by atoms with Gasteiger partial charge in [0, 0.05) is 6.92 Å². The lowest BCUT2D eigenvalue weighted by Crippen LogP contribution is -1.78. The maximum absolute atomic E-state index is 9.00. The molecule has 1 rings (SSSR count). The van der Waals surface area contributed by atoms with Gasteiger partial charge in [-0.3, -0.25) is 4.79 Å². The van der Waals surface area contributed by atoms with Crippen LogP contribution in [0.1, 0.15) is 19.4 Å². The number of aryl methyl sites for hydroxylation is 1. The van der Waals surface area contributed by atoms with Gasteiger partial charge in [-0.2, -0.15) is 0 Å². The third kappa shape index (κ3) is 5.91. The Morgan fingerprint density at radius 1 is 1.62 bits per heavy atom. The zero-order valence-electron chi connectivity index (χ0n) is 7.30. The summed E-state index contributed by atoms with van der Waals surface area (Å²) in [5.74, 6) is -0.833. The second kappa shape index (κ2) is 6.24. The molecule has 2 nitrogen and oxygen atoms in total. The van der Waals surface area contributed by atoms with Crippen LogP contribution in [0.5, 0.6) is 0 Å². The maximum Gasteiger partial charge on any atom is 0.300 e. The van der Waals surface area contributed by atoms with Crippen molar-refractivity contribution in [1.82, 2.24) is 0 Å². The van der Waals surface area contributed by atoms with E-state index in [1.54, 1.807) is 0 Å². The van der Waals surface area contributed by atoms with Gasteiger partial charge in [0.2, 0.25) is 0 Å². The van der Waals surface area contributed by atoms with E-state index in [2.05, 4.69) is 6.92 Å². The van der Waals surface area contributed by atoms with Gasteiger partial charge < -0.3 is 5.11 Å². The molecule has 0 fully saturated rings. The maximum atomic E-state index is 9.00. The molecule has 0 bridgehead atoms. The Kier molecular flexibility index (Phi) is 6.12. The van der Waals surface area contributed by atoms with E-state index in [4.69, 9.17) is 33.1 Å².